The van der Waals surface area contributed by atoms with E-state index in [9.17, 15) is 14.7 Å². The fourth-order valence-corrected chi connectivity index (χ4v) is 3.70. The molecule has 0 spiro atoms. The van der Waals surface area contributed by atoms with Gasteiger partial charge in [-0.2, -0.15) is 0 Å². The van der Waals surface area contributed by atoms with Crippen LogP contribution < -0.4 is 9.47 Å². The molecule has 1 aliphatic rings. The van der Waals surface area contributed by atoms with Crippen molar-refractivity contribution < 1.29 is 24.2 Å². The molecule has 0 aliphatic carbocycles. The van der Waals surface area contributed by atoms with E-state index in [-0.39, 0.29) is 16.9 Å². The van der Waals surface area contributed by atoms with Crippen molar-refractivity contribution in [2.24, 2.45) is 0 Å². The van der Waals surface area contributed by atoms with E-state index < -0.39 is 17.7 Å². The molecule has 0 bridgehead atoms. The summed E-state index contributed by atoms with van der Waals surface area (Å²) in [5.74, 6) is -0.835. The molecule has 3 rings (SSSR count). The summed E-state index contributed by atoms with van der Waals surface area (Å²) in [6.07, 6.45) is 3.90. The van der Waals surface area contributed by atoms with Crippen LogP contribution in [0.2, 0.25) is 0 Å². The topological polar surface area (TPSA) is 92.2 Å². The van der Waals surface area contributed by atoms with E-state index >= 15 is 0 Å². The molecule has 1 atom stereocenters. The number of aliphatic hydroxyl groups excluding tert-OH is 1. The number of benzene rings is 1. The van der Waals surface area contributed by atoms with Crippen LogP contribution in [0.1, 0.15) is 23.6 Å². The second-order valence-corrected chi connectivity index (χ2v) is 7.50. The molecule has 0 radical (unpaired) electrons. The smallest absolute Gasteiger partial charge is 0.295 e. The lowest BCUT2D eigenvalue weighted by Gasteiger charge is -2.25. The van der Waals surface area contributed by atoms with E-state index in [0.717, 1.165) is 6.54 Å². The standard InChI is InChI=1S/C23H27N3O5/c1-25(2)11-6-12-26-20(15-7-5-10-24-14-15)19(22(28)23(26)29)21(27)17-13-16(30-3)8-9-18(17)31-4/h5,7-10,13-14,20,27H,6,11-12H2,1-4H3/b21-19+. The highest BCUT2D eigenvalue weighted by atomic mass is 16.5. The molecule has 1 unspecified atom stereocenters. The van der Waals surface area contributed by atoms with Crippen molar-refractivity contribution in [1.82, 2.24) is 14.8 Å². The first-order valence-electron chi connectivity index (χ1n) is 9.94. The number of aliphatic hydroxyl groups is 1. The number of hydrogen-bond acceptors (Lipinski definition) is 7. The molecule has 1 amide bonds. The van der Waals surface area contributed by atoms with Gasteiger partial charge in [-0.15, -0.1) is 0 Å². The molecule has 1 aliphatic heterocycles. The summed E-state index contributed by atoms with van der Waals surface area (Å²) >= 11 is 0. The first-order chi connectivity index (χ1) is 14.9. The maximum Gasteiger partial charge on any atom is 0.295 e. The van der Waals surface area contributed by atoms with Crippen molar-refractivity contribution in [3.63, 3.8) is 0 Å². The number of carbonyl (C=O) groups excluding carboxylic acids is 2. The van der Waals surface area contributed by atoms with Gasteiger partial charge in [-0.25, -0.2) is 0 Å². The van der Waals surface area contributed by atoms with Crippen LogP contribution in [0.4, 0.5) is 0 Å². The second-order valence-electron chi connectivity index (χ2n) is 7.50. The number of nitrogens with zero attached hydrogens (tertiary/aromatic N) is 3. The number of ketones is 1. The number of ether oxygens (including phenoxy) is 2. The van der Waals surface area contributed by atoms with Gasteiger partial charge in [0, 0.05) is 18.9 Å². The number of hydrogen-bond donors (Lipinski definition) is 1. The Morgan fingerprint density at radius 1 is 1.19 bits per heavy atom. The molecule has 0 saturated carbocycles. The number of likely N-dealkylation sites (tertiary alicyclic amines) is 1. The molecular formula is C23H27N3O5. The van der Waals surface area contributed by atoms with E-state index in [1.54, 1.807) is 42.7 Å². The fraction of sp³-hybridized carbons (Fsp3) is 0.348. The molecule has 2 heterocycles. The number of aromatic nitrogens is 1. The van der Waals surface area contributed by atoms with E-state index in [4.69, 9.17) is 9.47 Å². The number of methoxy groups -OCH3 is 2. The Balaban J connectivity index is 2.14. The van der Waals surface area contributed by atoms with Gasteiger partial charge < -0.3 is 24.4 Å². The fourth-order valence-electron chi connectivity index (χ4n) is 3.70. The predicted octanol–water partition coefficient (Wildman–Crippen LogP) is 2.47. The average molecular weight is 425 g/mol. The lowest BCUT2D eigenvalue weighted by atomic mass is 9.96. The van der Waals surface area contributed by atoms with Crippen molar-refractivity contribution >= 4 is 17.4 Å². The van der Waals surface area contributed by atoms with Gasteiger partial charge in [0.1, 0.15) is 17.3 Å². The summed E-state index contributed by atoms with van der Waals surface area (Å²) < 4.78 is 10.6. The Hall–Kier alpha value is -3.39. The van der Waals surface area contributed by atoms with Crippen molar-refractivity contribution in [3.8, 4) is 11.5 Å². The number of Topliss-reactive ketones (excluding diaryl/α,β-unsaturated/α-hetero) is 1. The van der Waals surface area contributed by atoms with Crippen LogP contribution >= 0.6 is 0 Å². The summed E-state index contributed by atoms with van der Waals surface area (Å²) in [5.41, 5.74) is 0.936. The normalized spacial score (nSPS) is 18.0. The molecule has 1 saturated heterocycles. The highest BCUT2D eigenvalue weighted by molar-refractivity contribution is 6.46. The Kier molecular flexibility index (Phi) is 6.91. The molecule has 2 aromatic rings. The Morgan fingerprint density at radius 2 is 1.97 bits per heavy atom. The SMILES string of the molecule is COc1ccc(OC)c(/C(O)=C2\C(=O)C(=O)N(CCCN(C)C)C2c2cccnc2)c1. The Morgan fingerprint density at radius 3 is 2.58 bits per heavy atom. The summed E-state index contributed by atoms with van der Waals surface area (Å²) in [5, 5.41) is 11.2. The third-order valence-electron chi connectivity index (χ3n) is 5.21. The van der Waals surface area contributed by atoms with Gasteiger partial charge in [-0.3, -0.25) is 14.6 Å². The number of carbonyl (C=O) groups is 2. The molecule has 1 N–H and O–H groups in total. The first-order valence-corrected chi connectivity index (χ1v) is 9.94. The van der Waals surface area contributed by atoms with Crippen molar-refractivity contribution in [2.45, 2.75) is 12.5 Å². The van der Waals surface area contributed by atoms with E-state index in [1.807, 2.05) is 19.0 Å². The zero-order valence-corrected chi connectivity index (χ0v) is 18.2. The van der Waals surface area contributed by atoms with Crippen LogP contribution in [0.3, 0.4) is 0 Å². The highest BCUT2D eigenvalue weighted by Gasteiger charge is 2.46. The average Bonchev–Trinajstić information content (AvgIpc) is 3.03. The number of amides is 1. The molecule has 1 fully saturated rings. The number of rotatable bonds is 8. The van der Waals surface area contributed by atoms with Crippen molar-refractivity contribution in [2.75, 3.05) is 41.4 Å². The third-order valence-corrected chi connectivity index (χ3v) is 5.21. The lowest BCUT2D eigenvalue weighted by molar-refractivity contribution is -0.139. The first kappa shape index (κ1) is 22.3. The molecule has 8 heteroatoms. The van der Waals surface area contributed by atoms with Crippen LogP contribution in [-0.2, 0) is 9.59 Å². The zero-order valence-electron chi connectivity index (χ0n) is 18.2. The van der Waals surface area contributed by atoms with Crippen LogP contribution in [0.25, 0.3) is 5.76 Å². The van der Waals surface area contributed by atoms with Crippen LogP contribution in [0.15, 0.2) is 48.3 Å². The minimum Gasteiger partial charge on any atom is -0.507 e. The minimum atomic E-state index is -0.744. The van der Waals surface area contributed by atoms with Crippen LogP contribution in [0, 0.1) is 0 Å². The van der Waals surface area contributed by atoms with Gasteiger partial charge >= 0.3 is 0 Å². The molecular weight excluding hydrogens is 398 g/mol. The van der Waals surface area contributed by atoms with Gasteiger partial charge in [0.15, 0.2) is 0 Å². The summed E-state index contributed by atoms with van der Waals surface area (Å²) in [7, 11) is 6.87. The predicted molar refractivity (Wildman–Crippen MR) is 116 cm³/mol. The molecule has 8 nitrogen and oxygen atoms in total. The maximum atomic E-state index is 13.1. The lowest BCUT2D eigenvalue weighted by Crippen LogP contribution is -2.32. The molecule has 164 valence electrons. The van der Waals surface area contributed by atoms with E-state index in [1.165, 1.54) is 19.1 Å². The largest absolute Gasteiger partial charge is 0.507 e. The van der Waals surface area contributed by atoms with Gasteiger partial charge in [-0.05, 0) is 56.9 Å². The maximum absolute atomic E-state index is 13.1. The Bertz CT molecular complexity index is 988. The second kappa shape index (κ2) is 9.61. The molecule has 1 aromatic heterocycles. The van der Waals surface area contributed by atoms with Crippen LogP contribution in [-0.4, -0.2) is 73.0 Å². The summed E-state index contributed by atoms with van der Waals surface area (Å²) in [4.78, 5) is 33.6. The molecule has 1 aromatic carbocycles. The van der Waals surface area contributed by atoms with Gasteiger partial charge in [0.2, 0.25) is 0 Å². The number of pyridine rings is 1. The Labute approximate surface area is 181 Å². The minimum absolute atomic E-state index is 0.00871. The van der Waals surface area contributed by atoms with Gasteiger partial charge in [0.25, 0.3) is 11.7 Å². The van der Waals surface area contributed by atoms with Crippen LogP contribution in [0.5, 0.6) is 11.5 Å². The van der Waals surface area contributed by atoms with Crippen molar-refractivity contribution in [3.05, 3.63) is 59.4 Å². The third kappa shape index (κ3) is 4.54. The summed E-state index contributed by atoms with van der Waals surface area (Å²) in [6, 6.07) is 7.69. The van der Waals surface area contributed by atoms with Gasteiger partial charge in [0.05, 0.1) is 31.4 Å². The van der Waals surface area contributed by atoms with Crippen molar-refractivity contribution in [1.29, 1.82) is 0 Å². The highest BCUT2D eigenvalue weighted by Crippen LogP contribution is 2.41. The molecule has 31 heavy (non-hydrogen) atoms. The van der Waals surface area contributed by atoms with Gasteiger partial charge in [-0.1, -0.05) is 6.07 Å². The quantitative estimate of drug-likeness (QED) is 0.395. The van der Waals surface area contributed by atoms with E-state index in [2.05, 4.69) is 4.98 Å². The van der Waals surface area contributed by atoms with E-state index in [0.29, 0.717) is 30.0 Å². The zero-order chi connectivity index (χ0) is 22.5. The monoisotopic (exact) mass is 425 g/mol. The summed E-state index contributed by atoms with van der Waals surface area (Å²) in [6.45, 7) is 1.13.